The van der Waals surface area contributed by atoms with Crippen molar-refractivity contribution in [3.8, 4) is 44.5 Å². The van der Waals surface area contributed by atoms with E-state index in [1.165, 1.54) is 89.0 Å². The highest BCUT2D eigenvalue weighted by atomic mass is 14.3. The fourth-order valence-corrected chi connectivity index (χ4v) is 5.05. The summed E-state index contributed by atoms with van der Waals surface area (Å²) < 4.78 is 0. The Morgan fingerprint density at radius 2 is 0.312 bits per heavy atom. The summed E-state index contributed by atoms with van der Waals surface area (Å²) in [5.41, 5.74) is 21.5. The lowest BCUT2D eigenvalue weighted by molar-refractivity contribution is 1.29. The zero-order valence-corrected chi connectivity index (χ0v) is 20.6. The number of rotatable bonds is 0. The van der Waals surface area contributed by atoms with Crippen LogP contribution in [-0.2, 0) is 0 Å². The number of hydrogen-bond acceptors (Lipinski definition) is 0. The molecule has 0 fully saturated rings. The van der Waals surface area contributed by atoms with Gasteiger partial charge in [-0.05, 0) is 144 Å². The minimum atomic E-state index is 1.35. The van der Waals surface area contributed by atoms with Crippen LogP contribution in [-0.4, -0.2) is 0 Å². The fraction of sp³-hybridized carbons (Fsp3) is 0.250. The molecule has 0 radical (unpaired) electrons. The van der Waals surface area contributed by atoms with Crippen LogP contribution in [0.15, 0.2) is 48.5 Å². The first-order valence-electron chi connectivity index (χ1n) is 11.6. The maximum atomic E-state index is 2.41. The highest BCUT2D eigenvalue weighted by Gasteiger charge is 2.24. The zero-order valence-electron chi connectivity index (χ0n) is 20.6. The average molecular weight is 417 g/mol. The first-order chi connectivity index (χ1) is 15.2. The minimum Gasteiger partial charge on any atom is -0.0505 e. The summed E-state index contributed by atoms with van der Waals surface area (Å²) in [6.45, 7) is 17.9. The molecule has 0 N–H and O–H groups in total. The Morgan fingerprint density at radius 3 is 0.406 bits per heavy atom. The Labute approximate surface area is 193 Å². The molecule has 1 aliphatic carbocycles. The summed E-state index contributed by atoms with van der Waals surface area (Å²) in [5, 5.41) is 0. The highest BCUT2D eigenvalue weighted by Crippen LogP contribution is 2.50. The minimum absolute atomic E-state index is 1.35. The van der Waals surface area contributed by atoms with Gasteiger partial charge in [-0.2, -0.15) is 0 Å². The molecule has 1 aliphatic rings. The van der Waals surface area contributed by atoms with Gasteiger partial charge >= 0.3 is 0 Å². The van der Waals surface area contributed by atoms with Gasteiger partial charge in [0.15, 0.2) is 0 Å². The lowest BCUT2D eigenvalue weighted by Gasteiger charge is -2.26. The van der Waals surface area contributed by atoms with Crippen LogP contribution >= 0.6 is 0 Å². The molecule has 0 heterocycles. The third-order valence-corrected chi connectivity index (χ3v) is 7.70. The smallest absolute Gasteiger partial charge is 0.00960 e. The Balaban J connectivity index is 2.06. The SMILES string of the molecule is Cc1cc2c(cc1C)-c1cc(C)c(C)cc1-c1cc(C)c(C)cc1-c1cc(C)c(C)cc1-2. The van der Waals surface area contributed by atoms with Crippen LogP contribution in [0, 0.1) is 55.4 Å². The largest absolute Gasteiger partial charge is 0.0505 e. The van der Waals surface area contributed by atoms with Crippen LogP contribution in [0.5, 0.6) is 0 Å². The van der Waals surface area contributed by atoms with Crippen molar-refractivity contribution in [3.63, 3.8) is 0 Å². The first-order valence-corrected chi connectivity index (χ1v) is 11.6. The van der Waals surface area contributed by atoms with Gasteiger partial charge in [-0.25, -0.2) is 0 Å². The molecule has 0 atom stereocenters. The summed E-state index contributed by atoms with van der Waals surface area (Å²) in [6, 6.07) is 19.2. The van der Waals surface area contributed by atoms with Gasteiger partial charge < -0.3 is 0 Å². The Morgan fingerprint density at radius 1 is 0.219 bits per heavy atom. The zero-order chi connectivity index (χ0) is 22.9. The van der Waals surface area contributed by atoms with Gasteiger partial charge in [0.25, 0.3) is 0 Å². The molecule has 0 amide bonds. The van der Waals surface area contributed by atoms with E-state index in [1.807, 2.05) is 0 Å². The molecule has 0 heteroatoms. The quantitative estimate of drug-likeness (QED) is 0.236. The second kappa shape index (κ2) is 7.20. The van der Waals surface area contributed by atoms with E-state index in [2.05, 4.69) is 104 Å². The summed E-state index contributed by atoms with van der Waals surface area (Å²) in [6.07, 6.45) is 0. The molecular formula is C32H32. The van der Waals surface area contributed by atoms with Crippen LogP contribution in [0.25, 0.3) is 44.5 Å². The van der Waals surface area contributed by atoms with Gasteiger partial charge in [-0.15, -0.1) is 0 Å². The number of benzene rings is 4. The number of hydrogen-bond donors (Lipinski definition) is 0. The maximum Gasteiger partial charge on any atom is -0.00960 e. The maximum absolute atomic E-state index is 2.41. The second-order valence-corrected chi connectivity index (χ2v) is 9.93. The lowest BCUT2D eigenvalue weighted by Crippen LogP contribution is -2.02. The normalized spacial score (nSPS) is 11.8. The van der Waals surface area contributed by atoms with E-state index >= 15 is 0 Å². The molecule has 0 saturated carbocycles. The molecule has 0 unspecified atom stereocenters. The number of aryl methyl sites for hydroxylation is 8. The van der Waals surface area contributed by atoms with Gasteiger partial charge in [0.05, 0.1) is 0 Å². The third-order valence-electron chi connectivity index (χ3n) is 7.70. The topological polar surface area (TPSA) is 0 Å². The molecule has 0 nitrogen and oxygen atoms in total. The van der Waals surface area contributed by atoms with Crippen molar-refractivity contribution in [2.45, 2.75) is 55.4 Å². The molecule has 0 bridgehead atoms. The molecule has 0 spiro atoms. The molecule has 4 aromatic carbocycles. The Kier molecular flexibility index (Phi) is 4.67. The van der Waals surface area contributed by atoms with Crippen molar-refractivity contribution >= 4 is 0 Å². The van der Waals surface area contributed by atoms with Gasteiger partial charge in [-0.1, -0.05) is 48.5 Å². The van der Waals surface area contributed by atoms with Gasteiger partial charge in [0.2, 0.25) is 0 Å². The Hall–Kier alpha value is -3.12. The van der Waals surface area contributed by atoms with Crippen molar-refractivity contribution < 1.29 is 0 Å². The summed E-state index contributed by atoms with van der Waals surface area (Å²) >= 11 is 0. The fourth-order valence-electron chi connectivity index (χ4n) is 5.05. The average Bonchev–Trinajstić information content (AvgIpc) is 2.74. The second-order valence-electron chi connectivity index (χ2n) is 9.93. The van der Waals surface area contributed by atoms with Crippen molar-refractivity contribution in [1.29, 1.82) is 0 Å². The summed E-state index contributed by atoms with van der Waals surface area (Å²) in [4.78, 5) is 0. The monoisotopic (exact) mass is 416 g/mol. The van der Waals surface area contributed by atoms with Gasteiger partial charge in [0, 0.05) is 0 Å². The van der Waals surface area contributed by atoms with Gasteiger partial charge in [0.1, 0.15) is 0 Å². The molecule has 32 heavy (non-hydrogen) atoms. The first kappa shape index (κ1) is 20.8. The number of fused-ring (bicyclic) bond motifs is 8. The van der Waals surface area contributed by atoms with E-state index in [0.29, 0.717) is 0 Å². The third kappa shape index (κ3) is 3.05. The van der Waals surface area contributed by atoms with Crippen molar-refractivity contribution in [3.05, 3.63) is 93.0 Å². The van der Waals surface area contributed by atoms with E-state index in [4.69, 9.17) is 0 Å². The predicted octanol–water partition coefficient (Wildman–Crippen LogP) is 9.14. The predicted molar refractivity (Wildman–Crippen MR) is 140 cm³/mol. The van der Waals surface area contributed by atoms with Gasteiger partial charge in [-0.3, -0.25) is 0 Å². The molecular weight excluding hydrogens is 384 g/mol. The molecule has 160 valence electrons. The van der Waals surface area contributed by atoms with Crippen LogP contribution < -0.4 is 0 Å². The van der Waals surface area contributed by atoms with Crippen LogP contribution in [0.2, 0.25) is 0 Å². The summed E-state index contributed by atoms with van der Waals surface area (Å²) in [7, 11) is 0. The standard InChI is InChI=1S/C32H32/c1-17-9-25-26(10-18(17)2)28-12-20(4)22(6)14-30(28)32-16-24(8)23(7)15-31(32)29-13-21(5)19(3)11-27(25)29/h9-16H,1-8H3. The van der Waals surface area contributed by atoms with Crippen LogP contribution in [0.4, 0.5) is 0 Å². The van der Waals surface area contributed by atoms with Crippen molar-refractivity contribution in [1.82, 2.24) is 0 Å². The molecule has 0 saturated heterocycles. The lowest BCUT2D eigenvalue weighted by atomic mass is 9.77. The van der Waals surface area contributed by atoms with E-state index in [-0.39, 0.29) is 0 Å². The van der Waals surface area contributed by atoms with Crippen LogP contribution in [0.3, 0.4) is 0 Å². The van der Waals surface area contributed by atoms with Crippen LogP contribution in [0.1, 0.15) is 44.5 Å². The molecule has 0 aliphatic heterocycles. The summed E-state index contributed by atoms with van der Waals surface area (Å²) in [5.74, 6) is 0. The van der Waals surface area contributed by atoms with E-state index in [1.54, 1.807) is 0 Å². The highest BCUT2D eigenvalue weighted by molar-refractivity contribution is 6.04. The van der Waals surface area contributed by atoms with E-state index < -0.39 is 0 Å². The molecule has 5 rings (SSSR count). The van der Waals surface area contributed by atoms with Crippen molar-refractivity contribution in [2.75, 3.05) is 0 Å². The van der Waals surface area contributed by atoms with E-state index in [9.17, 15) is 0 Å². The molecule has 0 aromatic heterocycles. The van der Waals surface area contributed by atoms with Crippen molar-refractivity contribution in [2.24, 2.45) is 0 Å². The van der Waals surface area contributed by atoms with E-state index in [0.717, 1.165) is 0 Å². The Bertz CT molecular complexity index is 1070. The molecule has 4 aromatic rings.